The number of fused-ring (bicyclic) bond motifs is 1. The maximum Gasteiger partial charge on any atom is 0.331 e. The summed E-state index contributed by atoms with van der Waals surface area (Å²) in [5.74, 6) is -0.956. The summed E-state index contributed by atoms with van der Waals surface area (Å²) >= 11 is 7.83. The van der Waals surface area contributed by atoms with E-state index in [1.807, 2.05) is 97.9 Å². The van der Waals surface area contributed by atoms with Gasteiger partial charge in [-0.15, -0.1) is 23.4 Å². The maximum atomic E-state index is 13.9. The molecule has 1 N–H and O–H groups in total. The lowest BCUT2D eigenvalue weighted by atomic mass is 9.95. The molecule has 4 atom stereocenters. The van der Waals surface area contributed by atoms with E-state index in [1.165, 1.54) is 16.7 Å². The number of carbonyl (C=O) groups excluding carboxylic acids is 3. The minimum absolute atomic E-state index is 0.0998. The molecule has 0 saturated carbocycles. The first-order chi connectivity index (χ1) is 20.3. The largest absolute Gasteiger partial charge is 0.451 e. The number of β-lactam (4-membered cyclic amide) rings is 1. The third kappa shape index (κ3) is 4.86. The van der Waals surface area contributed by atoms with E-state index < -0.39 is 40.2 Å². The summed E-state index contributed by atoms with van der Waals surface area (Å²) in [6.45, 7) is 3.50. The number of hydrogen-bond acceptors (Lipinski definition) is 7. The van der Waals surface area contributed by atoms with Crippen LogP contribution in [0.2, 0.25) is 0 Å². The van der Waals surface area contributed by atoms with E-state index in [2.05, 4.69) is 10.5 Å². The predicted molar refractivity (Wildman–Crippen MR) is 160 cm³/mol. The van der Waals surface area contributed by atoms with E-state index in [-0.39, 0.29) is 17.4 Å². The van der Waals surface area contributed by atoms with Gasteiger partial charge in [-0.1, -0.05) is 96.2 Å². The van der Waals surface area contributed by atoms with E-state index >= 15 is 0 Å². The Morgan fingerprint density at radius 3 is 2.17 bits per heavy atom. The Hall–Kier alpha value is -4.08. The highest BCUT2D eigenvalue weighted by Crippen LogP contribution is 2.52. The molecular weight excluding hydrogens is 574 g/mol. The number of amides is 2. The number of benzene rings is 3. The van der Waals surface area contributed by atoms with Crippen molar-refractivity contribution in [2.45, 2.75) is 42.2 Å². The molecule has 2 aliphatic rings. The van der Waals surface area contributed by atoms with Gasteiger partial charge in [0.05, 0.1) is 4.75 Å². The standard InChI is InChI=1S/C32H28ClN3O5S/c1-19-23(24(35-41-19)20-12-6-3-7-13-20)28(37)34-25-29(38)36-27(32(2,18-33)42-30(25)36)31(39)40-26(21-14-8-4-9-15-21)22-16-10-5-11-17-22/h3-17,25-27,30H,18H2,1-2H3,(H,34,37). The van der Waals surface area contributed by atoms with Gasteiger partial charge in [0.2, 0.25) is 5.91 Å². The van der Waals surface area contributed by atoms with Crippen LogP contribution in [-0.4, -0.2) is 55.9 Å². The molecule has 1 aromatic heterocycles. The number of esters is 1. The van der Waals surface area contributed by atoms with Crippen molar-refractivity contribution in [3.05, 3.63) is 113 Å². The number of carbonyl (C=O) groups is 3. The zero-order chi connectivity index (χ0) is 29.4. The van der Waals surface area contributed by atoms with Gasteiger partial charge in [0.1, 0.15) is 34.5 Å². The molecule has 3 heterocycles. The van der Waals surface area contributed by atoms with Crippen molar-refractivity contribution >= 4 is 41.1 Å². The van der Waals surface area contributed by atoms with Crippen molar-refractivity contribution in [1.29, 1.82) is 0 Å². The topological polar surface area (TPSA) is 102 Å². The number of rotatable bonds is 8. The Morgan fingerprint density at radius 1 is 1.02 bits per heavy atom. The van der Waals surface area contributed by atoms with E-state index in [1.54, 1.807) is 6.92 Å². The number of hydrogen-bond donors (Lipinski definition) is 1. The van der Waals surface area contributed by atoms with Crippen molar-refractivity contribution in [2.24, 2.45) is 0 Å². The van der Waals surface area contributed by atoms with Gasteiger partial charge >= 0.3 is 5.97 Å². The molecule has 2 saturated heterocycles. The van der Waals surface area contributed by atoms with Gasteiger partial charge in [-0.05, 0) is 25.0 Å². The molecule has 2 amide bonds. The van der Waals surface area contributed by atoms with Crippen molar-refractivity contribution in [2.75, 3.05) is 5.88 Å². The van der Waals surface area contributed by atoms with Gasteiger partial charge in [0.25, 0.3) is 5.91 Å². The Balaban J connectivity index is 1.24. The molecule has 10 heteroatoms. The average Bonchev–Trinajstić information content (AvgIpc) is 3.55. The second-order valence-electron chi connectivity index (χ2n) is 10.5. The number of ether oxygens (including phenoxy) is 1. The van der Waals surface area contributed by atoms with Gasteiger partial charge in [-0.3, -0.25) is 9.59 Å². The molecule has 4 unspecified atom stereocenters. The number of thioether (sulfide) groups is 1. The first-order valence-electron chi connectivity index (χ1n) is 13.5. The SMILES string of the molecule is Cc1onc(-c2ccccc2)c1C(=O)NC1C(=O)N2C1SC(C)(CCl)C2C(=O)OC(c1ccccc1)c1ccccc1. The Labute approximate surface area is 252 Å². The first kappa shape index (κ1) is 28.1. The van der Waals surface area contributed by atoms with Crippen LogP contribution in [0, 0.1) is 6.92 Å². The molecule has 0 radical (unpaired) electrons. The van der Waals surface area contributed by atoms with Crippen LogP contribution in [0.15, 0.2) is 95.5 Å². The molecule has 8 nitrogen and oxygen atoms in total. The van der Waals surface area contributed by atoms with Crippen LogP contribution < -0.4 is 5.32 Å². The summed E-state index contributed by atoms with van der Waals surface area (Å²) in [5.41, 5.74) is 3.00. The summed E-state index contributed by atoms with van der Waals surface area (Å²) in [7, 11) is 0. The number of alkyl halides is 1. The van der Waals surface area contributed by atoms with E-state index in [0.29, 0.717) is 11.5 Å². The van der Waals surface area contributed by atoms with Crippen LogP contribution in [-0.2, 0) is 14.3 Å². The van der Waals surface area contributed by atoms with Crippen LogP contribution in [0.4, 0.5) is 0 Å². The summed E-state index contributed by atoms with van der Waals surface area (Å²) in [6.07, 6.45) is -0.664. The zero-order valence-electron chi connectivity index (χ0n) is 22.9. The second kappa shape index (κ2) is 11.3. The zero-order valence-corrected chi connectivity index (χ0v) is 24.5. The van der Waals surface area contributed by atoms with Gasteiger partial charge in [-0.2, -0.15) is 0 Å². The number of halogens is 1. The molecule has 4 aromatic rings. The molecular formula is C32H28ClN3O5S. The van der Waals surface area contributed by atoms with Crippen molar-refractivity contribution < 1.29 is 23.6 Å². The predicted octanol–water partition coefficient (Wildman–Crippen LogP) is 5.36. The van der Waals surface area contributed by atoms with Crippen LogP contribution in [0.1, 0.15) is 40.3 Å². The smallest absolute Gasteiger partial charge is 0.331 e. The molecule has 42 heavy (non-hydrogen) atoms. The molecule has 0 aliphatic carbocycles. The maximum absolute atomic E-state index is 13.9. The summed E-state index contributed by atoms with van der Waals surface area (Å²) < 4.78 is 10.6. The normalized spacial score (nSPS) is 22.9. The molecule has 0 spiro atoms. The minimum Gasteiger partial charge on any atom is -0.451 e. The highest BCUT2D eigenvalue weighted by molar-refractivity contribution is 8.01. The van der Waals surface area contributed by atoms with Gasteiger partial charge in [-0.25, -0.2) is 4.79 Å². The molecule has 2 aliphatic heterocycles. The molecule has 2 fully saturated rings. The van der Waals surface area contributed by atoms with Crippen LogP contribution in [0.3, 0.4) is 0 Å². The lowest BCUT2D eigenvalue weighted by molar-refractivity contribution is -0.166. The monoisotopic (exact) mass is 601 g/mol. The van der Waals surface area contributed by atoms with Gasteiger partial charge in [0, 0.05) is 11.4 Å². The molecule has 214 valence electrons. The Kier molecular flexibility index (Phi) is 7.55. The molecule has 3 aromatic carbocycles. The number of aromatic nitrogens is 1. The fourth-order valence-corrected chi connectivity index (χ4v) is 7.48. The summed E-state index contributed by atoms with van der Waals surface area (Å²) in [4.78, 5) is 42.4. The third-order valence-electron chi connectivity index (χ3n) is 7.68. The van der Waals surface area contributed by atoms with Crippen LogP contribution >= 0.6 is 23.4 Å². The number of nitrogens with one attached hydrogen (secondary N) is 1. The average molecular weight is 602 g/mol. The Bertz CT molecular complexity index is 1580. The second-order valence-corrected chi connectivity index (χ2v) is 12.4. The lowest BCUT2D eigenvalue weighted by Gasteiger charge is -2.44. The quantitative estimate of drug-likeness (QED) is 0.165. The highest BCUT2D eigenvalue weighted by Gasteiger charge is 2.66. The van der Waals surface area contributed by atoms with E-state index in [9.17, 15) is 14.4 Å². The van der Waals surface area contributed by atoms with E-state index in [4.69, 9.17) is 20.9 Å². The first-order valence-corrected chi connectivity index (χ1v) is 14.9. The van der Waals surface area contributed by atoms with Crippen LogP contribution in [0.25, 0.3) is 11.3 Å². The number of nitrogens with zero attached hydrogens (tertiary/aromatic N) is 2. The fourth-order valence-electron chi connectivity index (χ4n) is 5.53. The summed E-state index contributed by atoms with van der Waals surface area (Å²) in [5, 5.41) is 6.45. The molecule has 6 rings (SSSR count). The van der Waals surface area contributed by atoms with Crippen molar-refractivity contribution in [3.63, 3.8) is 0 Å². The number of aryl methyl sites for hydroxylation is 1. The van der Waals surface area contributed by atoms with Gasteiger partial charge in [0.15, 0.2) is 6.10 Å². The molecule has 0 bridgehead atoms. The van der Waals surface area contributed by atoms with Gasteiger partial charge < -0.3 is 19.5 Å². The van der Waals surface area contributed by atoms with E-state index in [0.717, 1.165) is 16.7 Å². The Morgan fingerprint density at radius 2 is 1.60 bits per heavy atom. The lowest BCUT2D eigenvalue weighted by Crippen LogP contribution is -2.71. The fraction of sp³-hybridized carbons (Fsp3) is 0.250. The van der Waals surface area contributed by atoms with Crippen molar-refractivity contribution in [1.82, 2.24) is 15.4 Å². The minimum atomic E-state index is -0.933. The highest BCUT2D eigenvalue weighted by atomic mass is 35.5. The summed E-state index contributed by atoms with van der Waals surface area (Å²) in [6, 6.07) is 26.4. The van der Waals surface area contributed by atoms with Crippen molar-refractivity contribution in [3.8, 4) is 11.3 Å². The van der Waals surface area contributed by atoms with Crippen LogP contribution in [0.5, 0.6) is 0 Å². The third-order valence-corrected chi connectivity index (χ3v) is 10.0.